The van der Waals surface area contributed by atoms with Crippen molar-refractivity contribution < 1.29 is 9.53 Å². The summed E-state index contributed by atoms with van der Waals surface area (Å²) in [6, 6.07) is 21.4. The summed E-state index contributed by atoms with van der Waals surface area (Å²) in [5.74, 6) is 0.413. The van der Waals surface area contributed by atoms with Crippen molar-refractivity contribution in [2.75, 3.05) is 0 Å². The molecule has 0 radical (unpaired) electrons. The van der Waals surface area contributed by atoms with E-state index < -0.39 is 5.60 Å². The van der Waals surface area contributed by atoms with Gasteiger partial charge in [0.05, 0.1) is 5.92 Å². The number of rotatable bonds is 7. The molecule has 0 unspecified atom stereocenters. The lowest BCUT2D eigenvalue weighted by Gasteiger charge is -2.36. The highest BCUT2D eigenvalue weighted by Gasteiger charge is 2.44. The van der Waals surface area contributed by atoms with Gasteiger partial charge in [0, 0.05) is 19.1 Å². The van der Waals surface area contributed by atoms with Crippen LogP contribution in [0.25, 0.3) is 0 Å². The Morgan fingerprint density at radius 3 is 1.90 bits per heavy atom. The molecule has 1 fully saturated rings. The Kier molecular flexibility index (Phi) is 7.13. The third-order valence-electron chi connectivity index (χ3n) is 5.86. The standard InChI is InChI=1S/C26H35NO2/c1-5-22-16-17-23(25(28)29-26(2,3)4)24(22)27(18-20-12-8-6-9-13-20)19-21-14-10-7-11-15-21/h6-15,22-24H,5,16-19H2,1-4H3/t22-,23-,24+/m1/s1. The number of ether oxygens (including phenoxy) is 1. The fraction of sp³-hybridized carbons (Fsp3) is 0.500. The molecule has 0 bridgehead atoms. The lowest BCUT2D eigenvalue weighted by Crippen LogP contribution is -2.45. The van der Waals surface area contributed by atoms with Crippen molar-refractivity contribution in [3.63, 3.8) is 0 Å². The molecule has 0 heterocycles. The van der Waals surface area contributed by atoms with Crippen molar-refractivity contribution >= 4 is 5.97 Å². The molecule has 3 atom stereocenters. The first-order valence-electron chi connectivity index (χ1n) is 10.9. The highest BCUT2D eigenvalue weighted by Crippen LogP contribution is 2.39. The second kappa shape index (κ2) is 9.58. The van der Waals surface area contributed by atoms with E-state index in [0.717, 1.165) is 32.4 Å². The Morgan fingerprint density at radius 2 is 1.45 bits per heavy atom. The zero-order valence-electron chi connectivity index (χ0n) is 18.3. The molecule has 3 nitrogen and oxygen atoms in total. The predicted molar refractivity (Wildman–Crippen MR) is 118 cm³/mol. The van der Waals surface area contributed by atoms with Gasteiger partial charge in [-0.05, 0) is 50.7 Å². The van der Waals surface area contributed by atoms with E-state index in [9.17, 15) is 4.79 Å². The van der Waals surface area contributed by atoms with Gasteiger partial charge in [-0.3, -0.25) is 9.69 Å². The molecular formula is C26H35NO2. The number of carbonyl (C=O) groups is 1. The van der Waals surface area contributed by atoms with Crippen LogP contribution in [0, 0.1) is 11.8 Å². The summed E-state index contributed by atoms with van der Waals surface area (Å²) in [5, 5.41) is 0. The molecule has 3 rings (SSSR count). The Bertz CT molecular complexity index is 725. The first kappa shape index (κ1) is 21.6. The smallest absolute Gasteiger partial charge is 0.311 e. The van der Waals surface area contributed by atoms with E-state index in [0.29, 0.717) is 5.92 Å². The van der Waals surface area contributed by atoms with Crippen LogP contribution in [-0.4, -0.2) is 22.5 Å². The van der Waals surface area contributed by atoms with Gasteiger partial charge >= 0.3 is 5.97 Å². The minimum Gasteiger partial charge on any atom is -0.460 e. The van der Waals surface area contributed by atoms with E-state index in [2.05, 4.69) is 72.5 Å². The highest BCUT2D eigenvalue weighted by molar-refractivity contribution is 5.74. The normalized spacial score (nSPS) is 22.0. The van der Waals surface area contributed by atoms with Gasteiger partial charge < -0.3 is 4.74 Å². The van der Waals surface area contributed by atoms with Crippen LogP contribution in [0.15, 0.2) is 60.7 Å². The van der Waals surface area contributed by atoms with Crippen LogP contribution in [0.5, 0.6) is 0 Å². The topological polar surface area (TPSA) is 29.5 Å². The van der Waals surface area contributed by atoms with Crippen LogP contribution in [-0.2, 0) is 22.6 Å². The maximum Gasteiger partial charge on any atom is 0.311 e. The second-order valence-corrected chi connectivity index (χ2v) is 9.25. The zero-order chi connectivity index (χ0) is 20.9. The summed E-state index contributed by atoms with van der Waals surface area (Å²) in [6.07, 6.45) is 3.09. The Morgan fingerprint density at radius 1 is 0.931 bits per heavy atom. The predicted octanol–water partition coefficient (Wildman–Crippen LogP) is 5.84. The first-order chi connectivity index (χ1) is 13.9. The molecule has 1 saturated carbocycles. The average Bonchev–Trinajstić information content (AvgIpc) is 3.12. The summed E-state index contributed by atoms with van der Waals surface area (Å²) >= 11 is 0. The lowest BCUT2D eigenvalue weighted by atomic mass is 9.92. The minimum atomic E-state index is -0.449. The maximum absolute atomic E-state index is 13.1. The van der Waals surface area contributed by atoms with Crippen LogP contribution >= 0.6 is 0 Å². The quantitative estimate of drug-likeness (QED) is 0.554. The number of hydrogen-bond acceptors (Lipinski definition) is 3. The van der Waals surface area contributed by atoms with Crippen molar-refractivity contribution in [1.82, 2.24) is 4.90 Å². The molecule has 3 heteroatoms. The summed E-state index contributed by atoms with van der Waals surface area (Å²) in [4.78, 5) is 15.6. The third-order valence-corrected chi connectivity index (χ3v) is 5.86. The van der Waals surface area contributed by atoms with Crippen LogP contribution in [0.3, 0.4) is 0 Å². The fourth-order valence-electron chi connectivity index (χ4n) is 4.60. The second-order valence-electron chi connectivity index (χ2n) is 9.25. The number of esters is 1. The van der Waals surface area contributed by atoms with Crippen LogP contribution < -0.4 is 0 Å². The van der Waals surface area contributed by atoms with Crippen molar-refractivity contribution in [1.29, 1.82) is 0 Å². The number of hydrogen-bond donors (Lipinski definition) is 0. The van der Waals surface area contributed by atoms with Crippen molar-refractivity contribution in [3.05, 3.63) is 71.8 Å². The van der Waals surface area contributed by atoms with Gasteiger partial charge in [-0.15, -0.1) is 0 Å². The number of nitrogens with zero attached hydrogens (tertiary/aromatic N) is 1. The lowest BCUT2D eigenvalue weighted by molar-refractivity contribution is -0.162. The molecule has 2 aromatic carbocycles. The van der Waals surface area contributed by atoms with Crippen LogP contribution in [0.2, 0.25) is 0 Å². The molecule has 1 aliphatic carbocycles. The molecule has 156 valence electrons. The summed E-state index contributed by atoms with van der Waals surface area (Å²) in [6.45, 7) is 9.80. The van der Waals surface area contributed by atoms with E-state index in [4.69, 9.17) is 4.74 Å². The SMILES string of the molecule is CC[C@@H]1CC[C@@H](C(=O)OC(C)(C)C)[C@H]1N(Cc1ccccc1)Cc1ccccc1. The van der Waals surface area contributed by atoms with E-state index in [1.807, 2.05) is 20.8 Å². The highest BCUT2D eigenvalue weighted by atomic mass is 16.6. The van der Waals surface area contributed by atoms with Gasteiger partial charge in [0.1, 0.15) is 5.60 Å². The van der Waals surface area contributed by atoms with Gasteiger partial charge in [-0.2, -0.15) is 0 Å². The molecule has 1 aliphatic rings. The summed E-state index contributed by atoms with van der Waals surface area (Å²) < 4.78 is 5.83. The summed E-state index contributed by atoms with van der Waals surface area (Å²) in [5.41, 5.74) is 2.12. The molecule has 0 spiro atoms. The van der Waals surface area contributed by atoms with Gasteiger partial charge in [0.15, 0.2) is 0 Å². The van der Waals surface area contributed by atoms with Crippen molar-refractivity contribution in [3.8, 4) is 0 Å². The molecule has 2 aromatic rings. The molecular weight excluding hydrogens is 358 g/mol. The average molecular weight is 394 g/mol. The first-order valence-corrected chi connectivity index (χ1v) is 10.9. The number of carbonyl (C=O) groups excluding carboxylic acids is 1. The van der Waals surface area contributed by atoms with Gasteiger partial charge in [0.2, 0.25) is 0 Å². The molecule has 29 heavy (non-hydrogen) atoms. The Balaban J connectivity index is 1.89. The molecule has 0 amide bonds. The minimum absolute atomic E-state index is 0.0374. The van der Waals surface area contributed by atoms with E-state index >= 15 is 0 Å². The fourth-order valence-corrected chi connectivity index (χ4v) is 4.60. The maximum atomic E-state index is 13.1. The number of benzene rings is 2. The van der Waals surface area contributed by atoms with Gasteiger partial charge in [-0.1, -0.05) is 74.0 Å². The van der Waals surface area contributed by atoms with Gasteiger partial charge in [-0.25, -0.2) is 0 Å². The van der Waals surface area contributed by atoms with Crippen molar-refractivity contribution in [2.24, 2.45) is 11.8 Å². The van der Waals surface area contributed by atoms with E-state index in [1.165, 1.54) is 11.1 Å². The zero-order valence-corrected chi connectivity index (χ0v) is 18.3. The van der Waals surface area contributed by atoms with Gasteiger partial charge in [0.25, 0.3) is 0 Å². The van der Waals surface area contributed by atoms with Crippen LogP contribution in [0.1, 0.15) is 58.1 Å². The Labute approximate surface area is 176 Å². The Hall–Kier alpha value is -2.13. The van der Waals surface area contributed by atoms with E-state index in [-0.39, 0.29) is 17.9 Å². The molecule has 0 aromatic heterocycles. The molecule has 0 aliphatic heterocycles. The molecule has 0 N–H and O–H groups in total. The molecule has 0 saturated heterocycles. The third kappa shape index (κ3) is 5.93. The van der Waals surface area contributed by atoms with E-state index in [1.54, 1.807) is 0 Å². The largest absolute Gasteiger partial charge is 0.460 e. The van der Waals surface area contributed by atoms with Crippen LogP contribution in [0.4, 0.5) is 0 Å². The van der Waals surface area contributed by atoms with Crippen molar-refractivity contribution in [2.45, 2.75) is 71.7 Å². The summed E-state index contributed by atoms with van der Waals surface area (Å²) in [7, 11) is 0. The monoisotopic (exact) mass is 393 g/mol.